The van der Waals surface area contributed by atoms with Crippen molar-refractivity contribution in [2.45, 2.75) is 45.7 Å². The van der Waals surface area contributed by atoms with Crippen molar-refractivity contribution in [3.63, 3.8) is 0 Å². The minimum Gasteiger partial charge on any atom is -0.491 e. The first-order chi connectivity index (χ1) is 13.8. The second-order valence-electron chi connectivity index (χ2n) is 7.72. The highest BCUT2D eigenvalue weighted by molar-refractivity contribution is 5.95. The summed E-state index contributed by atoms with van der Waals surface area (Å²) in [6, 6.07) is 11.6. The molecule has 0 spiro atoms. The fraction of sp³-hybridized carbons (Fsp3) is 0.391. The minimum atomic E-state index is -0.371. The van der Waals surface area contributed by atoms with Crippen molar-refractivity contribution in [3.8, 4) is 5.75 Å². The minimum absolute atomic E-state index is 0.0595. The lowest BCUT2D eigenvalue weighted by Crippen LogP contribution is -2.39. The van der Waals surface area contributed by atoms with Crippen molar-refractivity contribution < 1.29 is 18.7 Å². The summed E-state index contributed by atoms with van der Waals surface area (Å²) in [6.45, 7) is 6.49. The van der Waals surface area contributed by atoms with E-state index >= 15 is 0 Å². The summed E-state index contributed by atoms with van der Waals surface area (Å²) >= 11 is 0. The zero-order valence-electron chi connectivity index (χ0n) is 17.1. The monoisotopic (exact) mass is 398 g/mol. The number of nitrogens with zero attached hydrogens (tertiary/aromatic N) is 1. The van der Waals surface area contributed by atoms with Crippen molar-refractivity contribution in [1.82, 2.24) is 10.2 Å². The van der Waals surface area contributed by atoms with Gasteiger partial charge in [0.2, 0.25) is 0 Å². The molecule has 0 radical (unpaired) electrons. The Balaban J connectivity index is 1.60. The van der Waals surface area contributed by atoms with Gasteiger partial charge in [-0.3, -0.25) is 9.59 Å². The summed E-state index contributed by atoms with van der Waals surface area (Å²) in [6.07, 6.45) is 1.73. The lowest BCUT2D eigenvalue weighted by atomic mass is 10.1. The Hall–Kier alpha value is -2.89. The molecule has 1 atom stereocenters. The number of carbonyl (C=O) groups excluding carboxylic acids is 2. The van der Waals surface area contributed by atoms with Gasteiger partial charge in [-0.1, -0.05) is 6.07 Å². The molecule has 29 heavy (non-hydrogen) atoms. The molecule has 1 fully saturated rings. The summed E-state index contributed by atoms with van der Waals surface area (Å²) in [7, 11) is 0. The van der Waals surface area contributed by atoms with Gasteiger partial charge in [-0.15, -0.1) is 0 Å². The molecule has 1 heterocycles. The lowest BCUT2D eigenvalue weighted by Gasteiger charge is -2.25. The highest BCUT2D eigenvalue weighted by atomic mass is 19.1. The van der Waals surface area contributed by atoms with Gasteiger partial charge < -0.3 is 15.0 Å². The second-order valence-corrected chi connectivity index (χ2v) is 7.72. The van der Waals surface area contributed by atoms with Crippen LogP contribution in [0.2, 0.25) is 0 Å². The molecule has 0 bridgehead atoms. The van der Waals surface area contributed by atoms with E-state index in [4.69, 9.17) is 4.74 Å². The number of hydrogen-bond acceptors (Lipinski definition) is 3. The van der Waals surface area contributed by atoms with Gasteiger partial charge in [-0.25, -0.2) is 4.39 Å². The Morgan fingerprint density at radius 1 is 1.17 bits per heavy atom. The van der Waals surface area contributed by atoms with E-state index in [9.17, 15) is 14.0 Å². The third-order valence-corrected chi connectivity index (χ3v) is 5.04. The van der Waals surface area contributed by atoms with Crippen LogP contribution in [0.25, 0.3) is 0 Å². The predicted molar refractivity (Wildman–Crippen MR) is 110 cm³/mol. The number of benzene rings is 2. The van der Waals surface area contributed by atoms with Crippen LogP contribution in [0.15, 0.2) is 42.5 Å². The molecule has 0 saturated carbocycles. The fourth-order valence-electron chi connectivity index (χ4n) is 3.41. The van der Waals surface area contributed by atoms with E-state index < -0.39 is 0 Å². The predicted octanol–water partition coefficient (Wildman–Crippen LogP) is 3.96. The van der Waals surface area contributed by atoms with Crippen molar-refractivity contribution in [3.05, 3.63) is 65.0 Å². The maximum absolute atomic E-state index is 13.8. The fourth-order valence-corrected chi connectivity index (χ4v) is 3.41. The number of rotatable bonds is 6. The maximum Gasteiger partial charge on any atom is 0.254 e. The normalized spacial score (nSPS) is 16.2. The number of nitrogens with one attached hydrogen (secondary N) is 1. The number of likely N-dealkylation sites (tertiary alicyclic amines) is 1. The van der Waals surface area contributed by atoms with Gasteiger partial charge in [0.1, 0.15) is 18.2 Å². The Morgan fingerprint density at radius 3 is 2.52 bits per heavy atom. The standard InChI is InChI=1S/C23H27FN2O3/c1-15(2)25-22(27)17-8-10-20(11-9-17)29-14-19-5-4-12-26(19)23(28)18-7-6-16(3)21(24)13-18/h6-11,13,15,19H,4-5,12,14H2,1-3H3,(H,25,27). The number of amides is 2. The van der Waals surface area contributed by atoms with E-state index in [1.54, 1.807) is 48.2 Å². The Morgan fingerprint density at radius 2 is 1.86 bits per heavy atom. The third-order valence-electron chi connectivity index (χ3n) is 5.04. The lowest BCUT2D eigenvalue weighted by molar-refractivity contribution is 0.0690. The molecule has 0 aliphatic carbocycles. The van der Waals surface area contributed by atoms with Gasteiger partial charge in [0.15, 0.2) is 0 Å². The summed E-state index contributed by atoms with van der Waals surface area (Å²) in [5.41, 5.74) is 1.46. The highest BCUT2D eigenvalue weighted by Gasteiger charge is 2.30. The molecule has 2 aromatic carbocycles. The number of aryl methyl sites for hydroxylation is 1. The SMILES string of the molecule is Cc1ccc(C(=O)N2CCCC2COc2ccc(C(=O)NC(C)C)cc2)cc1F. The quantitative estimate of drug-likeness (QED) is 0.801. The zero-order valence-corrected chi connectivity index (χ0v) is 17.1. The Bertz CT molecular complexity index is 880. The van der Waals surface area contributed by atoms with Gasteiger partial charge in [0, 0.05) is 23.7 Å². The highest BCUT2D eigenvalue weighted by Crippen LogP contribution is 2.23. The molecular formula is C23H27FN2O3. The molecule has 0 aromatic heterocycles. The molecule has 1 aliphatic heterocycles. The second kappa shape index (κ2) is 9.07. The number of carbonyl (C=O) groups is 2. The smallest absolute Gasteiger partial charge is 0.254 e. The van der Waals surface area contributed by atoms with Crippen molar-refractivity contribution in [1.29, 1.82) is 0 Å². The van der Waals surface area contributed by atoms with Crippen LogP contribution in [-0.2, 0) is 0 Å². The van der Waals surface area contributed by atoms with Crippen LogP contribution in [0.1, 0.15) is 53.0 Å². The first-order valence-corrected chi connectivity index (χ1v) is 9.96. The maximum atomic E-state index is 13.8. The van der Waals surface area contributed by atoms with Crippen molar-refractivity contribution in [2.75, 3.05) is 13.2 Å². The first kappa shape index (κ1) is 20.8. The van der Waals surface area contributed by atoms with Gasteiger partial charge >= 0.3 is 0 Å². The molecule has 5 nitrogen and oxygen atoms in total. The van der Waals surface area contributed by atoms with Gasteiger partial charge in [-0.05, 0) is 75.6 Å². The van der Waals surface area contributed by atoms with Crippen LogP contribution in [0.3, 0.4) is 0 Å². The summed E-state index contributed by atoms with van der Waals surface area (Å²) in [4.78, 5) is 26.6. The molecule has 1 saturated heterocycles. The average molecular weight is 398 g/mol. The molecule has 1 N–H and O–H groups in total. The van der Waals surface area contributed by atoms with E-state index in [1.807, 2.05) is 13.8 Å². The summed E-state index contributed by atoms with van der Waals surface area (Å²) < 4.78 is 19.7. The van der Waals surface area contributed by atoms with E-state index in [0.29, 0.717) is 35.6 Å². The number of halogens is 1. The molecule has 3 rings (SSSR count). The van der Waals surface area contributed by atoms with E-state index in [2.05, 4.69) is 5.32 Å². The van der Waals surface area contributed by atoms with Crippen molar-refractivity contribution in [2.24, 2.45) is 0 Å². The van der Waals surface area contributed by atoms with Crippen LogP contribution in [0.5, 0.6) is 5.75 Å². The molecule has 1 unspecified atom stereocenters. The van der Waals surface area contributed by atoms with Crippen LogP contribution < -0.4 is 10.1 Å². The summed E-state index contributed by atoms with van der Waals surface area (Å²) in [5.74, 6) is -0.0173. The average Bonchev–Trinajstić information content (AvgIpc) is 3.16. The molecule has 2 aromatic rings. The number of ether oxygens (including phenoxy) is 1. The van der Waals surface area contributed by atoms with Crippen LogP contribution in [0.4, 0.5) is 4.39 Å². The molecule has 2 amide bonds. The van der Waals surface area contributed by atoms with E-state index in [1.165, 1.54) is 6.07 Å². The van der Waals surface area contributed by atoms with E-state index in [0.717, 1.165) is 12.8 Å². The molecular weight excluding hydrogens is 371 g/mol. The largest absolute Gasteiger partial charge is 0.491 e. The molecule has 154 valence electrons. The van der Waals surface area contributed by atoms with Crippen LogP contribution in [0, 0.1) is 12.7 Å². The zero-order chi connectivity index (χ0) is 21.0. The topological polar surface area (TPSA) is 58.6 Å². The summed E-state index contributed by atoms with van der Waals surface area (Å²) in [5, 5.41) is 2.85. The molecule has 1 aliphatic rings. The van der Waals surface area contributed by atoms with E-state index in [-0.39, 0.29) is 29.7 Å². The third kappa shape index (κ3) is 5.13. The Kier molecular flexibility index (Phi) is 6.52. The van der Waals surface area contributed by atoms with Gasteiger partial charge in [-0.2, -0.15) is 0 Å². The van der Waals surface area contributed by atoms with Gasteiger partial charge in [0.05, 0.1) is 6.04 Å². The van der Waals surface area contributed by atoms with Gasteiger partial charge in [0.25, 0.3) is 11.8 Å². The van der Waals surface area contributed by atoms with Crippen LogP contribution >= 0.6 is 0 Å². The van der Waals surface area contributed by atoms with Crippen molar-refractivity contribution >= 4 is 11.8 Å². The molecule has 6 heteroatoms. The Labute approximate surface area is 170 Å². The first-order valence-electron chi connectivity index (χ1n) is 9.96. The van der Waals surface area contributed by atoms with Crippen LogP contribution in [-0.4, -0.2) is 41.9 Å². The number of hydrogen-bond donors (Lipinski definition) is 1.